The second-order valence-electron chi connectivity index (χ2n) is 6.25. The van der Waals surface area contributed by atoms with Crippen molar-refractivity contribution in [1.82, 2.24) is 4.90 Å². The van der Waals surface area contributed by atoms with Gasteiger partial charge in [-0.15, -0.1) is 0 Å². The second-order valence-corrected chi connectivity index (χ2v) is 6.25. The fourth-order valence-electron chi connectivity index (χ4n) is 3.17. The van der Waals surface area contributed by atoms with Gasteiger partial charge in [0.25, 0.3) is 0 Å². The van der Waals surface area contributed by atoms with Crippen molar-refractivity contribution in [2.75, 3.05) is 0 Å². The van der Waals surface area contributed by atoms with Gasteiger partial charge in [0.2, 0.25) is 5.60 Å². The number of benzene rings is 1. The minimum atomic E-state index is -1.57. The Bertz CT molecular complexity index is 574. The van der Waals surface area contributed by atoms with Crippen LogP contribution in [0.2, 0.25) is 0 Å². The van der Waals surface area contributed by atoms with Gasteiger partial charge in [0, 0.05) is 24.1 Å². The van der Waals surface area contributed by atoms with E-state index < -0.39 is 17.7 Å². The first-order valence-electron chi connectivity index (χ1n) is 7.62. The van der Waals surface area contributed by atoms with E-state index in [-0.39, 0.29) is 18.5 Å². The molecule has 0 aliphatic heterocycles. The van der Waals surface area contributed by atoms with Crippen LogP contribution in [0.4, 0.5) is 4.79 Å². The molecule has 1 aliphatic rings. The van der Waals surface area contributed by atoms with Crippen LogP contribution in [0.15, 0.2) is 24.3 Å². The first kappa shape index (κ1) is 16.3. The van der Waals surface area contributed by atoms with Gasteiger partial charge >= 0.3 is 12.1 Å². The number of carbonyl (C=O) groups is 2. The fourth-order valence-corrected chi connectivity index (χ4v) is 3.17. The zero-order valence-electron chi connectivity index (χ0n) is 13.5. The Balaban J connectivity index is 2.36. The predicted octanol–water partition coefficient (Wildman–Crippen LogP) is 3.17. The number of aryl methyl sites for hydroxylation is 1. The molecule has 1 amide bonds. The molecule has 22 heavy (non-hydrogen) atoms. The van der Waals surface area contributed by atoms with E-state index in [1.807, 2.05) is 39.8 Å². The lowest BCUT2D eigenvalue weighted by Crippen LogP contribution is -2.48. The van der Waals surface area contributed by atoms with Crippen LogP contribution >= 0.6 is 0 Å². The quantitative estimate of drug-likeness (QED) is 0.928. The minimum Gasteiger partial charge on any atom is -0.478 e. The van der Waals surface area contributed by atoms with Crippen LogP contribution in [0.1, 0.15) is 45.2 Å². The zero-order chi connectivity index (χ0) is 16.5. The van der Waals surface area contributed by atoms with Crippen LogP contribution in [0.25, 0.3) is 0 Å². The lowest BCUT2D eigenvalue weighted by Gasteiger charge is -2.34. The summed E-state index contributed by atoms with van der Waals surface area (Å²) in [5.41, 5.74) is -0.0583. The number of carboxylic acid groups (broad SMARTS) is 1. The predicted molar refractivity (Wildman–Crippen MR) is 82.7 cm³/mol. The van der Waals surface area contributed by atoms with Crippen LogP contribution in [0, 0.1) is 0 Å². The summed E-state index contributed by atoms with van der Waals surface area (Å²) in [6.07, 6.45) is 0.292. The summed E-state index contributed by atoms with van der Waals surface area (Å²) >= 11 is 0. The maximum atomic E-state index is 12.5. The number of carboxylic acids is 1. The zero-order valence-corrected chi connectivity index (χ0v) is 13.5. The third kappa shape index (κ3) is 2.67. The van der Waals surface area contributed by atoms with Crippen molar-refractivity contribution < 1.29 is 19.4 Å². The minimum absolute atomic E-state index is 0.0602. The lowest BCUT2D eigenvalue weighted by molar-refractivity contribution is -0.161. The van der Waals surface area contributed by atoms with Crippen molar-refractivity contribution in [2.45, 2.75) is 58.2 Å². The third-order valence-corrected chi connectivity index (χ3v) is 4.13. The van der Waals surface area contributed by atoms with Gasteiger partial charge < -0.3 is 14.7 Å². The van der Waals surface area contributed by atoms with Gasteiger partial charge in [-0.3, -0.25) is 0 Å². The highest BCUT2D eigenvalue weighted by molar-refractivity contribution is 5.84. The molecule has 120 valence electrons. The van der Waals surface area contributed by atoms with E-state index in [1.54, 1.807) is 17.0 Å². The van der Waals surface area contributed by atoms with Crippen molar-refractivity contribution in [1.29, 1.82) is 0 Å². The van der Waals surface area contributed by atoms with Crippen molar-refractivity contribution in [3.8, 4) is 0 Å². The molecule has 1 aliphatic carbocycles. The standard InChI is InChI=1S/C17H23NO4/c1-11(2)18(12(3)4)16(21)22-17(15(19)20)10-9-13-7-5-6-8-14(13)17/h5-8,11-12H,9-10H2,1-4H3,(H,19,20)/t17-/m1/s1. The highest BCUT2D eigenvalue weighted by atomic mass is 16.6. The molecule has 0 unspecified atom stereocenters. The number of aliphatic carboxylic acids is 1. The van der Waals surface area contributed by atoms with E-state index in [9.17, 15) is 14.7 Å². The Labute approximate surface area is 130 Å². The number of nitrogens with zero attached hydrogens (tertiary/aromatic N) is 1. The summed E-state index contributed by atoms with van der Waals surface area (Å²) in [5.74, 6) is -1.11. The van der Waals surface area contributed by atoms with Crippen LogP contribution in [-0.2, 0) is 21.6 Å². The van der Waals surface area contributed by atoms with Crippen molar-refractivity contribution in [2.24, 2.45) is 0 Å². The number of ether oxygens (including phenoxy) is 1. The Morgan fingerprint density at radius 1 is 1.18 bits per heavy atom. The van der Waals surface area contributed by atoms with E-state index in [0.29, 0.717) is 12.0 Å². The average molecular weight is 305 g/mol. The highest BCUT2D eigenvalue weighted by Crippen LogP contribution is 2.41. The Morgan fingerprint density at radius 2 is 1.77 bits per heavy atom. The topological polar surface area (TPSA) is 66.8 Å². The molecule has 1 atom stereocenters. The second kappa shape index (κ2) is 5.99. The van der Waals surface area contributed by atoms with E-state index in [0.717, 1.165) is 5.56 Å². The molecular weight excluding hydrogens is 282 g/mol. The highest BCUT2D eigenvalue weighted by Gasteiger charge is 2.50. The normalized spacial score (nSPS) is 20.1. The van der Waals surface area contributed by atoms with Crippen LogP contribution in [-0.4, -0.2) is 34.2 Å². The summed E-state index contributed by atoms with van der Waals surface area (Å²) in [6.45, 7) is 7.54. The van der Waals surface area contributed by atoms with Gasteiger partial charge in [-0.25, -0.2) is 9.59 Å². The molecule has 0 radical (unpaired) electrons. The molecular formula is C17H23NO4. The van der Waals surface area contributed by atoms with Gasteiger partial charge in [-0.1, -0.05) is 24.3 Å². The first-order valence-corrected chi connectivity index (χ1v) is 7.62. The Morgan fingerprint density at radius 3 is 2.32 bits per heavy atom. The third-order valence-electron chi connectivity index (χ3n) is 4.13. The Kier molecular flexibility index (Phi) is 4.44. The van der Waals surface area contributed by atoms with Crippen LogP contribution in [0.5, 0.6) is 0 Å². The number of hydrogen-bond acceptors (Lipinski definition) is 3. The number of hydrogen-bond donors (Lipinski definition) is 1. The van der Waals surface area contributed by atoms with E-state index >= 15 is 0 Å². The number of rotatable bonds is 4. The van der Waals surface area contributed by atoms with E-state index in [2.05, 4.69) is 0 Å². The summed E-state index contributed by atoms with van der Waals surface area (Å²) in [4.78, 5) is 26.0. The molecule has 0 heterocycles. The molecule has 0 bridgehead atoms. The molecule has 1 aromatic rings. The Hall–Kier alpha value is -2.04. The largest absolute Gasteiger partial charge is 0.478 e. The maximum absolute atomic E-state index is 12.5. The molecule has 0 aromatic heterocycles. The van der Waals surface area contributed by atoms with Gasteiger partial charge in [0.05, 0.1) is 0 Å². The molecule has 1 N–H and O–H groups in total. The monoisotopic (exact) mass is 305 g/mol. The van der Waals surface area contributed by atoms with Crippen molar-refractivity contribution in [3.63, 3.8) is 0 Å². The molecule has 0 fully saturated rings. The average Bonchev–Trinajstić information content (AvgIpc) is 2.78. The summed E-state index contributed by atoms with van der Waals surface area (Å²) in [7, 11) is 0. The molecule has 5 heteroatoms. The van der Waals surface area contributed by atoms with E-state index in [4.69, 9.17) is 4.74 Å². The molecule has 5 nitrogen and oxygen atoms in total. The van der Waals surface area contributed by atoms with Crippen molar-refractivity contribution in [3.05, 3.63) is 35.4 Å². The number of amides is 1. The summed E-state index contributed by atoms with van der Waals surface area (Å²) in [5, 5.41) is 9.72. The van der Waals surface area contributed by atoms with Crippen LogP contribution in [0.3, 0.4) is 0 Å². The summed E-state index contributed by atoms with van der Waals surface area (Å²) < 4.78 is 5.56. The number of fused-ring (bicyclic) bond motifs is 1. The molecule has 0 spiro atoms. The number of carbonyl (C=O) groups excluding carboxylic acids is 1. The molecule has 2 rings (SSSR count). The molecule has 0 saturated carbocycles. The molecule has 0 saturated heterocycles. The SMILES string of the molecule is CC(C)N(C(=O)O[C@]1(C(=O)O)CCc2ccccc21)C(C)C. The molecule has 1 aromatic carbocycles. The lowest BCUT2D eigenvalue weighted by atomic mass is 9.96. The van der Waals surface area contributed by atoms with Crippen LogP contribution < -0.4 is 0 Å². The van der Waals surface area contributed by atoms with Gasteiger partial charge in [0.15, 0.2) is 0 Å². The summed E-state index contributed by atoms with van der Waals surface area (Å²) in [6, 6.07) is 7.14. The van der Waals surface area contributed by atoms with Crippen molar-refractivity contribution >= 4 is 12.1 Å². The van der Waals surface area contributed by atoms with Gasteiger partial charge in [0.1, 0.15) is 0 Å². The fraction of sp³-hybridized carbons (Fsp3) is 0.529. The van der Waals surface area contributed by atoms with Gasteiger partial charge in [-0.2, -0.15) is 0 Å². The smallest absolute Gasteiger partial charge is 0.411 e. The first-order chi connectivity index (χ1) is 10.3. The van der Waals surface area contributed by atoms with Gasteiger partial charge in [-0.05, 0) is 39.7 Å². The maximum Gasteiger partial charge on any atom is 0.411 e. The van der Waals surface area contributed by atoms with E-state index in [1.165, 1.54) is 0 Å².